The van der Waals surface area contributed by atoms with Crippen LogP contribution >= 0.6 is 23.4 Å². The molecular weight excluding hydrogens is 450 g/mol. The van der Waals surface area contributed by atoms with E-state index >= 15 is 0 Å². The van der Waals surface area contributed by atoms with E-state index in [1.54, 1.807) is 20.8 Å². The minimum atomic E-state index is -1.58. The van der Waals surface area contributed by atoms with Crippen LogP contribution in [0.5, 0.6) is 5.75 Å². The Bertz CT molecular complexity index is 953. The molecule has 1 aromatic rings. The van der Waals surface area contributed by atoms with E-state index in [2.05, 4.69) is 0 Å². The topological polar surface area (TPSA) is 141 Å². The summed E-state index contributed by atoms with van der Waals surface area (Å²) in [6.07, 6.45) is -1.11. The summed E-state index contributed by atoms with van der Waals surface area (Å²) in [5.74, 6) is -4.62. The fourth-order valence-electron chi connectivity index (χ4n) is 2.59. The Balaban J connectivity index is 2.57. The molecule has 0 bridgehead atoms. The number of amides is 1. The van der Waals surface area contributed by atoms with E-state index < -0.39 is 56.7 Å². The number of aromatic carboxylic acids is 1. The summed E-state index contributed by atoms with van der Waals surface area (Å²) in [5.41, 5.74) is -2.85. The molecule has 1 amide bonds. The highest BCUT2D eigenvalue weighted by molar-refractivity contribution is 8.16. The average molecular weight is 472 g/mol. The molecule has 0 aromatic heterocycles. The molecular formula is C20H22ClNO8S. The van der Waals surface area contributed by atoms with Crippen molar-refractivity contribution in [3.63, 3.8) is 0 Å². The van der Waals surface area contributed by atoms with Crippen molar-refractivity contribution >= 4 is 46.3 Å². The number of carbonyl (C=O) groups is 4. The SMILES string of the molecule is C[C@@H](O)[C@H]1C(=O)N(C(C(=O)O)=C(Oc2cccc(C(=O)O)c2)SC(=O)C(C)(C)C)[C@H]1Cl. The minimum absolute atomic E-state index is 0.0472. The Hall–Kier alpha value is -2.56. The van der Waals surface area contributed by atoms with Gasteiger partial charge in [0.2, 0.25) is 11.0 Å². The largest absolute Gasteiger partial charge is 0.478 e. The minimum Gasteiger partial charge on any atom is -0.478 e. The second-order valence-electron chi connectivity index (χ2n) is 7.86. The van der Waals surface area contributed by atoms with Gasteiger partial charge in [-0.25, -0.2) is 9.59 Å². The van der Waals surface area contributed by atoms with E-state index in [1.807, 2.05) is 0 Å². The third-order valence-corrected chi connectivity index (χ3v) is 6.04. The third kappa shape index (κ3) is 5.38. The van der Waals surface area contributed by atoms with E-state index in [9.17, 15) is 29.4 Å². The molecule has 3 N–H and O–H groups in total. The van der Waals surface area contributed by atoms with Gasteiger partial charge in [-0.3, -0.25) is 14.5 Å². The standard InChI is InChI=1S/C20H22ClNO8S/c1-9(23)12-14(21)22(15(12)24)13(17(27)28)18(31-19(29)20(2,3)4)30-11-7-5-6-10(8-11)16(25)26/h5-9,12,14,23H,1-4H3,(H,25,26)(H,27,28)/t9-,12-,14-/m1/s1. The molecule has 0 radical (unpaired) electrons. The highest BCUT2D eigenvalue weighted by atomic mass is 35.5. The number of thioether (sulfide) groups is 1. The highest BCUT2D eigenvalue weighted by Crippen LogP contribution is 2.40. The molecule has 9 nitrogen and oxygen atoms in total. The molecule has 1 saturated heterocycles. The van der Waals surface area contributed by atoms with Crippen molar-refractivity contribution in [1.82, 2.24) is 4.90 Å². The van der Waals surface area contributed by atoms with Gasteiger partial charge in [0.15, 0.2) is 10.8 Å². The number of rotatable bonds is 7. The molecule has 11 heteroatoms. The van der Waals surface area contributed by atoms with Crippen LogP contribution in [0.3, 0.4) is 0 Å². The molecule has 0 aliphatic carbocycles. The van der Waals surface area contributed by atoms with Gasteiger partial charge < -0.3 is 20.1 Å². The van der Waals surface area contributed by atoms with Gasteiger partial charge >= 0.3 is 11.9 Å². The van der Waals surface area contributed by atoms with Crippen LogP contribution in [-0.4, -0.2) is 54.8 Å². The summed E-state index contributed by atoms with van der Waals surface area (Å²) in [4.78, 5) is 49.1. The quantitative estimate of drug-likeness (QED) is 0.180. The van der Waals surface area contributed by atoms with Gasteiger partial charge in [0.1, 0.15) is 11.3 Å². The average Bonchev–Trinajstić information content (AvgIpc) is 2.64. The zero-order valence-electron chi connectivity index (χ0n) is 17.2. The number of hydrogen-bond acceptors (Lipinski definition) is 7. The molecule has 0 spiro atoms. The number of carbonyl (C=O) groups excluding carboxylic acids is 2. The van der Waals surface area contributed by atoms with Gasteiger partial charge in [0.05, 0.1) is 17.6 Å². The fraction of sp³-hybridized carbons (Fsp3) is 0.400. The number of aliphatic carboxylic acids is 1. The van der Waals surface area contributed by atoms with Crippen molar-refractivity contribution in [2.24, 2.45) is 11.3 Å². The number of ether oxygens (including phenoxy) is 1. The number of benzene rings is 1. The second-order valence-corrected chi connectivity index (χ2v) is 9.26. The van der Waals surface area contributed by atoms with Crippen molar-refractivity contribution in [3.05, 3.63) is 40.6 Å². The first-order valence-electron chi connectivity index (χ1n) is 9.12. The highest BCUT2D eigenvalue weighted by Gasteiger charge is 2.53. The lowest BCUT2D eigenvalue weighted by Crippen LogP contribution is -2.62. The lowest BCUT2D eigenvalue weighted by Gasteiger charge is -2.44. The number of nitrogens with zero attached hydrogens (tertiary/aromatic N) is 1. The molecule has 0 unspecified atom stereocenters. The number of aliphatic hydroxyl groups excluding tert-OH is 1. The first-order valence-corrected chi connectivity index (χ1v) is 10.4. The lowest BCUT2D eigenvalue weighted by atomic mass is 9.92. The number of likely N-dealkylation sites (tertiary alicyclic amines) is 1. The van der Waals surface area contributed by atoms with Crippen molar-refractivity contribution in [2.45, 2.75) is 39.3 Å². The molecule has 2 rings (SSSR count). The molecule has 1 aliphatic rings. The van der Waals surface area contributed by atoms with E-state index in [4.69, 9.17) is 21.4 Å². The van der Waals surface area contributed by atoms with Crippen LogP contribution in [0.2, 0.25) is 0 Å². The zero-order chi connectivity index (χ0) is 23.7. The number of hydrogen-bond donors (Lipinski definition) is 3. The van der Waals surface area contributed by atoms with Crippen LogP contribution in [0, 0.1) is 11.3 Å². The molecule has 1 aromatic carbocycles. The summed E-state index contributed by atoms with van der Waals surface area (Å²) in [5, 5.41) is 27.8. The van der Waals surface area contributed by atoms with Crippen molar-refractivity contribution < 1.29 is 39.2 Å². The van der Waals surface area contributed by atoms with Crippen LogP contribution < -0.4 is 4.74 Å². The molecule has 31 heavy (non-hydrogen) atoms. The zero-order valence-corrected chi connectivity index (χ0v) is 18.7. The summed E-state index contributed by atoms with van der Waals surface area (Å²) in [6, 6.07) is 5.22. The number of aliphatic hydroxyl groups is 1. The van der Waals surface area contributed by atoms with E-state index in [-0.39, 0.29) is 11.3 Å². The van der Waals surface area contributed by atoms with Crippen LogP contribution in [0.25, 0.3) is 0 Å². The van der Waals surface area contributed by atoms with E-state index in [0.29, 0.717) is 11.8 Å². The van der Waals surface area contributed by atoms with Crippen LogP contribution in [-0.2, 0) is 14.4 Å². The van der Waals surface area contributed by atoms with Gasteiger partial charge in [-0.2, -0.15) is 0 Å². The maximum Gasteiger partial charge on any atom is 0.357 e. The second kappa shape index (κ2) is 9.29. The predicted octanol–water partition coefficient (Wildman–Crippen LogP) is 2.73. The van der Waals surface area contributed by atoms with Gasteiger partial charge in [0, 0.05) is 5.41 Å². The summed E-state index contributed by atoms with van der Waals surface area (Å²) in [7, 11) is 0. The van der Waals surface area contributed by atoms with Gasteiger partial charge in [-0.15, -0.1) is 0 Å². The first-order chi connectivity index (χ1) is 14.3. The van der Waals surface area contributed by atoms with Crippen LogP contribution in [0.15, 0.2) is 35.1 Å². The Kier molecular flexibility index (Phi) is 7.40. The number of β-lactam (4-membered cyclic amide) rings is 1. The maximum absolute atomic E-state index is 12.6. The summed E-state index contributed by atoms with van der Waals surface area (Å²) in [6.45, 7) is 6.21. The molecule has 1 heterocycles. The third-order valence-electron chi connectivity index (χ3n) is 4.31. The van der Waals surface area contributed by atoms with Crippen molar-refractivity contribution in [2.75, 3.05) is 0 Å². The smallest absolute Gasteiger partial charge is 0.357 e. The molecule has 3 atom stereocenters. The molecule has 1 fully saturated rings. The predicted molar refractivity (Wildman–Crippen MR) is 112 cm³/mol. The lowest BCUT2D eigenvalue weighted by molar-refractivity contribution is -0.158. The van der Waals surface area contributed by atoms with Crippen molar-refractivity contribution in [3.8, 4) is 5.75 Å². The molecule has 168 valence electrons. The Labute approximate surface area is 187 Å². The van der Waals surface area contributed by atoms with Crippen LogP contribution in [0.4, 0.5) is 0 Å². The Morgan fingerprint density at radius 1 is 1.23 bits per heavy atom. The normalized spacial score (nSPS) is 20.5. The van der Waals surface area contributed by atoms with Gasteiger partial charge in [0.25, 0.3) is 0 Å². The number of carboxylic acid groups (broad SMARTS) is 2. The maximum atomic E-state index is 12.6. The van der Waals surface area contributed by atoms with E-state index in [1.165, 1.54) is 25.1 Å². The van der Waals surface area contributed by atoms with Gasteiger partial charge in [-0.1, -0.05) is 38.4 Å². The molecule has 1 aliphatic heterocycles. The summed E-state index contributed by atoms with van der Waals surface area (Å²) < 4.78 is 5.61. The molecule has 0 saturated carbocycles. The Morgan fingerprint density at radius 3 is 2.29 bits per heavy atom. The van der Waals surface area contributed by atoms with Crippen molar-refractivity contribution in [1.29, 1.82) is 0 Å². The number of alkyl halides is 1. The number of carboxylic acids is 2. The monoisotopic (exact) mass is 471 g/mol. The number of halogens is 1. The van der Waals surface area contributed by atoms with E-state index in [0.717, 1.165) is 11.0 Å². The Morgan fingerprint density at radius 2 is 1.84 bits per heavy atom. The van der Waals surface area contributed by atoms with Gasteiger partial charge in [-0.05, 0) is 36.9 Å². The first kappa shape index (κ1) is 24.7. The fourth-order valence-corrected chi connectivity index (χ4v) is 4.00. The summed E-state index contributed by atoms with van der Waals surface area (Å²) >= 11 is 6.63. The van der Waals surface area contributed by atoms with Crippen LogP contribution in [0.1, 0.15) is 38.1 Å².